The van der Waals surface area contributed by atoms with Crippen LogP contribution < -0.4 is 0 Å². The zero-order chi connectivity index (χ0) is 12.1. The minimum absolute atomic E-state index is 0.263. The minimum atomic E-state index is 0.263. The lowest BCUT2D eigenvalue weighted by Gasteiger charge is -2.13. The summed E-state index contributed by atoms with van der Waals surface area (Å²) in [4.78, 5) is 0. The Bertz CT molecular complexity index is 318. The number of aromatic nitrogens is 2. The molecular formula is C13H23ClN2. The molecule has 1 rings (SSSR count). The van der Waals surface area contributed by atoms with Crippen LogP contribution in [-0.2, 0) is 19.4 Å². The number of alkyl halides is 1. The van der Waals surface area contributed by atoms with Crippen molar-refractivity contribution in [3.63, 3.8) is 0 Å². The number of hydrogen-bond donors (Lipinski definition) is 0. The Balaban J connectivity index is 2.67. The van der Waals surface area contributed by atoms with E-state index in [0.717, 1.165) is 25.8 Å². The van der Waals surface area contributed by atoms with Gasteiger partial charge in [-0.25, -0.2) is 0 Å². The van der Waals surface area contributed by atoms with Gasteiger partial charge in [0.05, 0.1) is 5.69 Å². The van der Waals surface area contributed by atoms with E-state index in [1.165, 1.54) is 11.4 Å². The van der Waals surface area contributed by atoms with Gasteiger partial charge < -0.3 is 0 Å². The second-order valence-corrected chi connectivity index (χ2v) is 5.37. The lowest BCUT2D eigenvalue weighted by molar-refractivity contribution is 0.495. The fraction of sp³-hybridized carbons (Fsp3) is 0.769. The first-order valence-corrected chi connectivity index (χ1v) is 6.70. The Labute approximate surface area is 104 Å². The highest BCUT2D eigenvalue weighted by Crippen LogP contribution is 2.17. The van der Waals surface area contributed by atoms with Crippen molar-refractivity contribution < 1.29 is 0 Å². The van der Waals surface area contributed by atoms with Crippen LogP contribution in [0.2, 0.25) is 0 Å². The average molecular weight is 243 g/mol. The number of halogens is 1. The van der Waals surface area contributed by atoms with Crippen molar-refractivity contribution in [1.29, 1.82) is 0 Å². The van der Waals surface area contributed by atoms with Crippen molar-refractivity contribution in [3.05, 3.63) is 17.5 Å². The second kappa shape index (κ2) is 6.29. The normalized spacial score (nSPS) is 15.1. The molecule has 1 aromatic rings. The molecule has 2 nitrogen and oxygen atoms in total. The molecule has 2 unspecified atom stereocenters. The Hall–Kier alpha value is -0.500. The van der Waals surface area contributed by atoms with E-state index in [0.29, 0.717) is 5.92 Å². The predicted molar refractivity (Wildman–Crippen MR) is 70.1 cm³/mol. The molecule has 92 valence electrons. The van der Waals surface area contributed by atoms with Gasteiger partial charge >= 0.3 is 0 Å². The van der Waals surface area contributed by atoms with Crippen LogP contribution in [0.3, 0.4) is 0 Å². The van der Waals surface area contributed by atoms with Gasteiger partial charge in [-0.15, -0.1) is 11.6 Å². The molecular weight excluding hydrogens is 220 g/mol. The van der Waals surface area contributed by atoms with Gasteiger partial charge in [0.2, 0.25) is 0 Å². The monoisotopic (exact) mass is 242 g/mol. The summed E-state index contributed by atoms with van der Waals surface area (Å²) in [6.07, 6.45) is 3.16. The standard InChI is InChI=1S/C13H23ClN2/c1-5-12-9-13(16(6-2)15-12)8-10(3)7-11(4)14/h9-11H,5-8H2,1-4H3. The van der Waals surface area contributed by atoms with Crippen LogP contribution in [0, 0.1) is 5.92 Å². The first-order valence-electron chi connectivity index (χ1n) is 6.26. The molecule has 0 fully saturated rings. The van der Waals surface area contributed by atoms with E-state index in [9.17, 15) is 0 Å². The van der Waals surface area contributed by atoms with E-state index in [4.69, 9.17) is 11.6 Å². The molecule has 0 N–H and O–H groups in total. The maximum atomic E-state index is 6.02. The molecule has 0 aromatic carbocycles. The van der Waals surface area contributed by atoms with E-state index >= 15 is 0 Å². The molecule has 0 amide bonds. The van der Waals surface area contributed by atoms with Gasteiger partial charge in [-0.05, 0) is 45.1 Å². The summed E-state index contributed by atoms with van der Waals surface area (Å²) < 4.78 is 2.12. The van der Waals surface area contributed by atoms with Crippen LogP contribution in [0.1, 0.15) is 45.5 Å². The van der Waals surface area contributed by atoms with Gasteiger partial charge in [0.25, 0.3) is 0 Å². The molecule has 3 heteroatoms. The smallest absolute Gasteiger partial charge is 0.0624 e. The maximum absolute atomic E-state index is 6.02. The molecule has 0 saturated carbocycles. The fourth-order valence-electron chi connectivity index (χ4n) is 2.12. The van der Waals surface area contributed by atoms with Crippen LogP contribution in [0.4, 0.5) is 0 Å². The Kier molecular flexibility index (Phi) is 5.33. The molecule has 0 spiro atoms. The Morgan fingerprint density at radius 2 is 2.06 bits per heavy atom. The summed E-state index contributed by atoms with van der Waals surface area (Å²) in [5, 5.41) is 4.83. The highest BCUT2D eigenvalue weighted by atomic mass is 35.5. The van der Waals surface area contributed by atoms with Crippen molar-refractivity contribution in [3.8, 4) is 0 Å². The lowest BCUT2D eigenvalue weighted by atomic mass is 10.00. The lowest BCUT2D eigenvalue weighted by Crippen LogP contribution is -2.10. The highest BCUT2D eigenvalue weighted by molar-refractivity contribution is 6.20. The fourth-order valence-corrected chi connectivity index (χ4v) is 2.42. The van der Waals surface area contributed by atoms with E-state index in [2.05, 4.69) is 43.5 Å². The molecule has 0 bridgehead atoms. The number of hydrogen-bond acceptors (Lipinski definition) is 1. The molecule has 16 heavy (non-hydrogen) atoms. The topological polar surface area (TPSA) is 17.8 Å². The maximum Gasteiger partial charge on any atom is 0.0624 e. The largest absolute Gasteiger partial charge is 0.270 e. The van der Waals surface area contributed by atoms with Gasteiger partial charge in [0, 0.05) is 17.6 Å². The summed E-state index contributed by atoms with van der Waals surface area (Å²) in [6, 6.07) is 2.24. The third-order valence-corrected chi connectivity index (χ3v) is 3.04. The summed E-state index contributed by atoms with van der Waals surface area (Å²) >= 11 is 6.02. The van der Waals surface area contributed by atoms with Crippen molar-refractivity contribution >= 4 is 11.6 Å². The number of rotatable bonds is 6. The highest BCUT2D eigenvalue weighted by Gasteiger charge is 2.11. The van der Waals surface area contributed by atoms with Crippen molar-refractivity contribution in [2.45, 2.75) is 58.9 Å². The third-order valence-electron chi connectivity index (χ3n) is 2.86. The molecule has 2 atom stereocenters. The summed E-state index contributed by atoms with van der Waals surface area (Å²) in [7, 11) is 0. The summed E-state index contributed by atoms with van der Waals surface area (Å²) in [5.41, 5.74) is 2.55. The molecule has 0 aliphatic rings. The van der Waals surface area contributed by atoms with E-state index < -0.39 is 0 Å². The third kappa shape index (κ3) is 3.82. The summed E-state index contributed by atoms with van der Waals surface area (Å²) in [6.45, 7) is 9.57. The van der Waals surface area contributed by atoms with Crippen molar-refractivity contribution in [2.24, 2.45) is 5.92 Å². The second-order valence-electron chi connectivity index (χ2n) is 4.62. The SMILES string of the molecule is CCc1cc(CC(C)CC(C)Cl)n(CC)n1. The van der Waals surface area contributed by atoms with E-state index in [-0.39, 0.29) is 5.38 Å². The summed E-state index contributed by atoms with van der Waals surface area (Å²) in [5.74, 6) is 0.624. The molecule has 1 aromatic heterocycles. The quantitative estimate of drug-likeness (QED) is 0.697. The van der Waals surface area contributed by atoms with Crippen LogP contribution in [0.5, 0.6) is 0 Å². The number of nitrogens with zero attached hydrogens (tertiary/aromatic N) is 2. The number of aryl methyl sites for hydroxylation is 2. The first-order chi connectivity index (χ1) is 7.56. The van der Waals surface area contributed by atoms with Gasteiger partial charge in [-0.3, -0.25) is 4.68 Å². The Morgan fingerprint density at radius 3 is 2.56 bits per heavy atom. The first kappa shape index (κ1) is 13.6. The molecule has 1 heterocycles. The van der Waals surface area contributed by atoms with Crippen LogP contribution in [-0.4, -0.2) is 15.2 Å². The van der Waals surface area contributed by atoms with E-state index in [1.807, 2.05) is 0 Å². The van der Waals surface area contributed by atoms with Gasteiger partial charge in [0.1, 0.15) is 0 Å². The van der Waals surface area contributed by atoms with Crippen LogP contribution in [0.25, 0.3) is 0 Å². The zero-order valence-electron chi connectivity index (χ0n) is 10.8. The average Bonchev–Trinajstić information content (AvgIpc) is 2.59. The van der Waals surface area contributed by atoms with Gasteiger partial charge in [-0.1, -0.05) is 13.8 Å². The van der Waals surface area contributed by atoms with Crippen LogP contribution in [0.15, 0.2) is 6.07 Å². The molecule has 0 aliphatic carbocycles. The van der Waals surface area contributed by atoms with Crippen LogP contribution >= 0.6 is 11.6 Å². The Morgan fingerprint density at radius 1 is 1.38 bits per heavy atom. The van der Waals surface area contributed by atoms with Gasteiger partial charge in [-0.2, -0.15) is 5.10 Å². The molecule has 0 aliphatic heterocycles. The predicted octanol–water partition coefficient (Wildman–Crippen LogP) is 3.66. The molecule has 0 radical (unpaired) electrons. The van der Waals surface area contributed by atoms with Gasteiger partial charge in [0.15, 0.2) is 0 Å². The zero-order valence-corrected chi connectivity index (χ0v) is 11.6. The van der Waals surface area contributed by atoms with Crippen molar-refractivity contribution in [2.75, 3.05) is 0 Å². The minimum Gasteiger partial charge on any atom is -0.270 e. The van der Waals surface area contributed by atoms with Crippen molar-refractivity contribution in [1.82, 2.24) is 9.78 Å². The molecule has 0 saturated heterocycles. The van der Waals surface area contributed by atoms with E-state index in [1.54, 1.807) is 0 Å².